The molecule has 0 fully saturated rings. The van der Waals surface area contributed by atoms with E-state index in [9.17, 15) is 14.0 Å². The Morgan fingerprint density at radius 2 is 1.56 bits per heavy atom. The first-order chi connectivity index (χ1) is 16.4. The van der Waals surface area contributed by atoms with Crippen LogP contribution < -0.4 is 10.5 Å². The minimum atomic E-state index is -1.18. The molecule has 0 saturated heterocycles. The summed E-state index contributed by atoms with van der Waals surface area (Å²) in [6.07, 6.45) is 12.5. The average molecular weight is 536 g/mol. The Bertz CT molecular complexity index is 964. The van der Waals surface area contributed by atoms with Crippen molar-refractivity contribution in [3.63, 3.8) is 0 Å². The Hall–Kier alpha value is -2.41. The number of aliphatic carboxylic acids is 1. The van der Waals surface area contributed by atoms with E-state index in [4.69, 9.17) is 15.6 Å². The molecule has 1 amide bonds. The molecule has 186 valence electrons. The Morgan fingerprint density at radius 1 is 0.971 bits per heavy atom. The van der Waals surface area contributed by atoms with Crippen molar-refractivity contribution in [2.24, 2.45) is 5.73 Å². The molecule has 0 atom stereocenters. The van der Waals surface area contributed by atoms with Gasteiger partial charge in [-0.15, -0.1) is 0 Å². The summed E-state index contributed by atoms with van der Waals surface area (Å²) in [4.78, 5) is 23.4. The van der Waals surface area contributed by atoms with Crippen molar-refractivity contribution in [3.05, 3.63) is 51.7 Å². The molecule has 0 spiro atoms. The van der Waals surface area contributed by atoms with E-state index in [0.717, 1.165) is 19.3 Å². The molecule has 0 unspecified atom stereocenters. The standard InChI is InChI=1S/C27H35BrFNO4/c1-2-3-4-5-6-7-8-9-10-11-14-19-17-21(20-15-12-13-16-22(20)29)26(34-18-23(31)32)25(28)24(19)27(30)33/h12-13,15-17H,2-11,14,18H2,1H3,(H2,30,33)(H,31,32). The predicted octanol–water partition coefficient (Wildman–Crippen LogP) is 7.28. The lowest BCUT2D eigenvalue weighted by Gasteiger charge is -2.18. The van der Waals surface area contributed by atoms with E-state index in [1.807, 2.05) is 0 Å². The molecule has 0 saturated carbocycles. The van der Waals surface area contributed by atoms with Gasteiger partial charge in [-0.05, 0) is 46.5 Å². The lowest BCUT2D eigenvalue weighted by Crippen LogP contribution is -2.17. The van der Waals surface area contributed by atoms with Crippen LogP contribution >= 0.6 is 15.9 Å². The Balaban J connectivity index is 2.17. The molecule has 0 aliphatic heterocycles. The van der Waals surface area contributed by atoms with Gasteiger partial charge in [0.05, 0.1) is 10.0 Å². The van der Waals surface area contributed by atoms with Crippen molar-refractivity contribution in [3.8, 4) is 16.9 Å². The summed E-state index contributed by atoms with van der Waals surface area (Å²) in [7, 11) is 0. The van der Waals surface area contributed by atoms with Gasteiger partial charge in [-0.2, -0.15) is 0 Å². The number of carboxylic acid groups (broad SMARTS) is 1. The molecule has 0 aliphatic rings. The Morgan fingerprint density at radius 3 is 2.12 bits per heavy atom. The van der Waals surface area contributed by atoms with Crippen LogP contribution in [0.4, 0.5) is 4.39 Å². The normalized spacial score (nSPS) is 10.9. The van der Waals surface area contributed by atoms with Crippen molar-refractivity contribution in [1.29, 1.82) is 0 Å². The molecule has 5 nitrogen and oxygen atoms in total. The lowest BCUT2D eigenvalue weighted by molar-refractivity contribution is -0.139. The third-order valence-corrected chi connectivity index (χ3v) is 6.61. The monoisotopic (exact) mass is 535 g/mol. The molecule has 2 rings (SSSR count). The fourth-order valence-electron chi connectivity index (χ4n) is 4.11. The van der Waals surface area contributed by atoms with E-state index >= 15 is 0 Å². The highest BCUT2D eigenvalue weighted by atomic mass is 79.9. The van der Waals surface area contributed by atoms with E-state index in [-0.39, 0.29) is 21.3 Å². The number of amides is 1. The molecule has 0 aromatic heterocycles. The SMILES string of the molecule is CCCCCCCCCCCCc1cc(-c2ccccc2F)c(OCC(=O)O)c(Br)c1C(N)=O. The number of halogens is 2. The molecule has 0 heterocycles. The third-order valence-electron chi connectivity index (χ3n) is 5.85. The highest BCUT2D eigenvalue weighted by Gasteiger charge is 2.23. The van der Waals surface area contributed by atoms with Gasteiger partial charge in [0.2, 0.25) is 5.91 Å². The number of carboxylic acids is 1. The van der Waals surface area contributed by atoms with Crippen molar-refractivity contribution < 1.29 is 23.8 Å². The second-order valence-corrected chi connectivity index (χ2v) is 9.35. The highest BCUT2D eigenvalue weighted by Crippen LogP contribution is 2.42. The van der Waals surface area contributed by atoms with Crippen LogP contribution in [0.1, 0.15) is 87.1 Å². The molecular formula is C27H35BrFNO4. The quantitative estimate of drug-likeness (QED) is 0.221. The fourth-order valence-corrected chi connectivity index (χ4v) is 4.88. The number of ether oxygens (including phenoxy) is 1. The average Bonchev–Trinajstić information content (AvgIpc) is 2.79. The van der Waals surface area contributed by atoms with Gasteiger partial charge in [0.25, 0.3) is 0 Å². The Kier molecular flexibility index (Phi) is 12.1. The van der Waals surface area contributed by atoms with E-state index in [2.05, 4.69) is 22.9 Å². The summed E-state index contributed by atoms with van der Waals surface area (Å²) in [5.74, 6) is -2.20. The summed E-state index contributed by atoms with van der Waals surface area (Å²) in [6, 6.07) is 7.90. The number of rotatable bonds is 16. The number of carbonyl (C=O) groups excluding carboxylic acids is 1. The minimum absolute atomic E-state index is 0.0909. The van der Waals surface area contributed by atoms with Gasteiger partial charge in [-0.1, -0.05) is 82.9 Å². The predicted molar refractivity (Wildman–Crippen MR) is 137 cm³/mol. The minimum Gasteiger partial charge on any atom is -0.480 e. The number of primary amides is 1. The Labute approximate surface area is 210 Å². The summed E-state index contributed by atoms with van der Waals surface area (Å²) in [5.41, 5.74) is 7.26. The first-order valence-electron chi connectivity index (χ1n) is 12.1. The van der Waals surface area contributed by atoms with E-state index < -0.39 is 24.3 Å². The van der Waals surface area contributed by atoms with Crippen molar-refractivity contribution in [2.75, 3.05) is 6.61 Å². The van der Waals surface area contributed by atoms with Crippen molar-refractivity contribution in [2.45, 2.75) is 77.6 Å². The van der Waals surface area contributed by atoms with E-state index in [0.29, 0.717) is 17.5 Å². The molecule has 2 aromatic carbocycles. The summed E-state index contributed by atoms with van der Waals surface area (Å²) < 4.78 is 20.3. The second kappa shape index (κ2) is 14.8. The molecule has 0 bridgehead atoms. The molecule has 34 heavy (non-hydrogen) atoms. The van der Waals surface area contributed by atoms with Gasteiger partial charge in [0.1, 0.15) is 11.6 Å². The maximum Gasteiger partial charge on any atom is 0.341 e. The van der Waals surface area contributed by atoms with Crippen molar-refractivity contribution in [1.82, 2.24) is 0 Å². The lowest BCUT2D eigenvalue weighted by atomic mass is 9.93. The van der Waals surface area contributed by atoms with Gasteiger partial charge in [0.15, 0.2) is 6.61 Å². The number of aryl methyl sites for hydroxylation is 1. The molecule has 2 aromatic rings. The molecule has 0 radical (unpaired) electrons. The summed E-state index contributed by atoms with van der Waals surface area (Å²) in [6.45, 7) is 1.59. The van der Waals surface area contributed by atoms with Crippen LogP contribution in [0.5, 0.6) is 5.75 Å². The van der Waals surface area contributed by atoms with Crippen LogP contribution in [0.3, 0.4) is 0 Å². The maximum atomic E-state index is 14.6. The van der Waals surface area contributed by atoms with Crippen LogP contribution in [0.2, 0.25) is 0 Å². The number of carbonyl (C=O) groups is 2. The number of nitrogens with two attached hydrogens (primary N) is 1. The number of unbranched alkanes of at least 4 members (excludes halogenated alkanes) is 9. The second-order valence-electron chi connectivity index (χ2n) is 8.56. The zero-order valence-electron chi connectivity index (χ0n) is 19.9. The van der Waals surface area contributed by atoms with Crippen LogP contribution in [0, 0.1) is 5.82 Å². The molecule has 7 heteroatoms. The van der Waals surface area contributed by atoms with Crippen LogP contribution in [-0.2, 0) is 11.2 Å². The zero-order chi connectivity index (χ0) is 24.9. The van der Waals surface area contributed by atoms with Gasteiger partial charge in [-0.3, -0.25) is 4.79 Å². The van der Waals surface area contributed by atoms with Gasteiger partial charge >= 0.3 is 5.97 Å². The highest BCUT2D eigenvalue weighted by molar-refractivity contribution is 9.10. The van der Waals surface area contributed by atoms with E-state index in [1.165, 1.54) is 51.0 Å². The van der Waals surface area contributed by atoms with Gasteiger partial charge in [0, 0.05) is 11.1 Å². The van der Waals surface area contributed by atoms with Crippen LogP contribution in [0.25, 0.3) is 11.1 Å². The summed E-state index contributed by atoms with van der Waals surface area (Å²) >= 11 is 3.38. The molecule has 0 aliphatic carbocycles. The largest absolute Gasteiger partial charge is 0.480 e. The van der Waals surface area contributed by atoms with Crippen LogP contribution in [0.15, 0.2) is 34.8 Å². The first kappa shape index (κ1) is 27.8. The van der Waals surface area contributed by atoms with E-state index in [1.54, 1.807) is 24.3 Å². The topological polar surface area (TPSA) is 89.6 Å². The zero-order valence-corrected chi connectivity index (χ0v) is 21.5. The first-order valence-corrected chi connectivity index (χ1v) is 12.9. The fraction of sp³-hybridized carbons (Fsp3) is 0.481. The van der Waals surface area contributed by atoms with Gasteiger partial charge < -0.3 is 15.6 Å². The van der Waals surface area contributed by atoms with Crippen molar-refractivity contribution >= 4 is 27.8 Å². The smallest absolute Gasteiger partial charge is 0.341 e. The summed E-state index contributed by atoms with van der Waals surface area (Å²) in [5, 5.41) is 9.07. The number of hydrogen-bond acceptors (Lipinski definition) is 3. The molecule has 3 N–H and O–H groups in total. The number of benzene rings is 2. The number of hydrogen-bond donors (Lipinski definition) is 2. The van der Waals surface area contributed by atoms with Crippen LogP contribution in [-0.4, -0.2) is 23.6 Å². The van der Waals surface area contributed by atoms with Gasteiger partial charge in [-0.25, -0.2) is 9.18 Å². The third kappa shape index (κ3) is 8.42. The maximum absolute atomic E-state index is 14.6. The molecular weight excluding hydrogens is 501 g/mol.